The highest BCUT2D eigenvalue weighted by Crippen LogP contribution is 2.59. The summed E-state index contributed by atoms with van der Waals surface area (Å²) in [5.74, 6) is 0. The van der Waals surface area contributed by atoms with Crippen LogP contribution in [0.5, 0.6) is 0 Å². The van der Waals surface area contributed by atoms with Crippen LogP contribution in [0.2, 0.25) is 0 Å². The smallest absolute Gasteiger partial charge is 0.0560 e. The summed E-state index contributed by atoms with van der Waals surface area (Å²) in [6.45, 7) is 0. The Kier molecular flexibility index (Phi) is 5.52. The van der Waals surface area contributed by atoms with E-state index in [1.165, 1.54) is 78.2 Å². The Morgan fingerprint density at radius 3 is 2.07 bits per heavy atom. The number of para-hydroxylation sites is 1. The van der Waals surface area contributed by atoms with E-state index in [1.807, 2.05) is 0 Å². The van der Waals surface area contributed by atoms with Crippen molar-refractivity contribution in [3.8, 4) is 22.3 Å². The molecule has 6 bridgehead atoms. The highest BCUT2D eigenvalue weighted by atomic mass is 15.2. The van der Waals surface area contributed by atoms with Gasteiger partial charge in [0.25, 0.3) is 0 Å². The third kappa shape index (κ3) is 3.71. The third-order valence-corrected chi connectivity index (χ3v) is 9.58. The van der Waals surface area contributed by atoms with E-state index in [9.17, 15) is 0 Å². The molecule has 1 unspecified atom stereocenters. The van der Waals surface area contributed by atoms with E-state index in [4.69, 9.17) is 0 Å². The lowest BCUT2D eigenvalue weighted by atomic mass is 9.79. The average molecular weight is 550 g/mol. The molecule has 4 aliphatic carbocycles. The number of rotatable bonds is 4. The Bertz CT molecular complexity index is 2040. The molecule has 0 radical (unpaired) electrons. The van der Waals surface area contributed by atoms with E-state index in [0.29, 0.717) is 0 Å². The van der Waals surface area contributed by atoms with Gasteiger partial charge in [0.05, 0.1) is 11.7 Å². The predicted octanol–water partition coefficient (Wildman–Crippen LogP) is 11.0. The Balaban J connectivity index is 1.28. The molecule has 1 heteroatoms. The van der Waals surface area contributed by atoms with E-state index < -0.39 is 0 Å². The Labute approximate surface area is 253 Å². The molecule has 5 aromatic carbocycles. The average Bonchev–Trinajstić information content (AvgIpc) is 3.19. The van der Waals surface area contributed by atoms with Gasteiger partial charge in [-0.05, 0) is 98.7 Å². The van der Waals surface area contributed by atoms with E-state index in [-0.39, 0.29) is 6.04 Å². The molecule has 1 nitrogen and oxygen atoms in total. The number of anilines is 2. The van der Waals surface area contributed by atoms with Crippen LogP contribution < -0.4 is 4.90 Å². The summed E-state index contributed by atoms with van der Waals surface area (Å²) in [7, 11) is 0. The van der Waals surface area contributed by atoms with Gasteiger partial charge in [0.15, 0.2) is 0 Å². The van der Waals surface area contributed by atoms with Crippen molar-refractivity contribution >= 4 is 33.7 Å². The second-order valence-electron chi connectivity index (χ2n) is 11.9. The molecule has 4 aliphatic rings. The molecular weight excluding hydrogens is 518 g/mol. The first-order valence-electron chi connectivity index (χ1n) is 15.5. The van der Waals surface area contributed by atoms with Crippen LogP contribution in [0.15, 0.2) is 146 Å². The summed E-state index contributed by atoms with van der Waals surface area (Å²) in [5, 5.41) is 0. The maximum Gasteiger partial charge on any atom is 0.0560 e. The molecule has 0 aromatic heterocycles. The van der Waals surface area contributed by atoms with E-state index >= 15 is 0 Å². The van der Waals surface area contributed by atoms with Gasteiger partial charge in [0.1, 0.15) is 0 Å². The number of allylic oxidation sites excluding steroid dienone is 6. The highest BCUT2D eigenvalue weighted by molar-refractivity contribution is 6.26. The van der Waals surface area contributed by atoms with Gasteiger partial charge in [-0.25, -0.2) is 0 Å². The van der Waals surface area contributed by atoms with Crippen LogP contribution in [0.4, 0.5) is 11.4 Å². The Hall–Kier alpha value is -5.14. The molecule has 0 spiro atoms. The molecule has 204 valence electrons. The zero-order chi connectivity index (χ0) is 28.3. The van der Waals surface area contributed by atoms with Gasteiger partial charge in [0.2, 0.25) is 0 Å². The molecule has 0 fully saturated rings. The molecule has 9 rings (SSSR count). The van der Waals surface area contributed by atoms with Crippen LogP contribution in [-0.2, 0) is 0 Å². The number of fused-ring (bicyclic) bond motifs is 4. The van der Waals surface area contributed by atoms with Crippen LogP contribution >= 0.6 is 0 Å². The first kappa shape index (κ1) is 24.5. The van der Waals surface area contributed by atoms with E-state index in [0.717, 1.165) is 19.3 Å². The van der Waals surface area contributed by atoms with Crippen molar-refractivity contribution in [2.45, 2.75) is 25.3 Å². The van der Waals surface area contributed by atoms with Crippen LogP contribution in [0, 0.1) is 0 Å². The zero-order valence-electron chi connectivity index (χ0n) is 24.0. The first-order chi connectivity index (χ1) is 21.4. The van der Waals surface area contributed by atoms with Crippen molar-refractivity contribution in [3.63, 3.8) is 0 Å². The molecule has 0 N–H and O–H groups in total. The molecular formula is C42H31N. The first-order valence-corrected chi connectivity index (χ1v) is 15.5. The number of hydrogen-bond acceptors (Lipinski definition) is 1. The van der Waals surface area contributed by atoms with Crippen LogP contribution in [-0.4, -0.2) is 6.04 Å². The third-order valence-electron chi connectivity index (χ3n) is 9.58. The van der Waals surface area contributed by atoms with Crippen molar-refractivity contribution in [3.05, 3.63) is 168 Å². The molecule has 0 aliphatic heterocycles. The van der Waals surface area contributed by atoms with Gasteiger partial charge in [0, 0.05) is 11.3 Å². The van der Waals surface area contributed by atoms with Crippen molar-refractivity contribution in [2.24, 2.45) is 0 Å². The molecule has 0 heterocycles. The van der Waals surface area contributed by atoms with Crippen molar-refractivity contribution < 1.29 is 0 Å². The minimum absolute atomic E-state index is 0.200. The van der Waals surface area contributed by atoms with E-state index in [2.05, 4.69) is 151 Å². The molecule has 0 saturated carbocycles. The maximum absolute atomic E-state index is 2.58. The molecule has 0 amide bonds. The predicted molar refractivity (Wildman–Crippen MR) is 182 cm³/mol. The van der Waals surface area contributed by atoms with Crippen LogP contribution in [0.3, 0.4) is 0 Å². The van der Waals surface area contributed by atoms with Gasteiger partial charge in [-0.15, -0.1) is 0 Å². The van der Waals surface area contributed by atoms with Gasteiger partial charge >= 0.3 is 0 Å². The summed E-state index contributed by atoms with van der Waals surface area (Å²) >= 11 is 0. The summed E-state index contributed by atoms with van der Waals surface area (Å²) in [6.07, 6.45) is 12.7. The lowest BCUT2D eigenvalue weighted by molar-refractivity contribution is 0.786. The monoisotopic (exact) mass is 549 g/mol. The SMILES string of the molecule is C1=CC(N(c2ccccc2)c2cccc3c2C2=CCCC4=C2c2ccccc2-c2cccc4c2-3)CC=C1c1ccccc1. The molecule has 1 atom stereocenters. The topological polar surface area (TPSA) is 3.24 Å². The fourth-order valence-electron chi connectivity index (χ4n) is 7.78. The standard InChI is InChI=1S/C42H31N/c1-3-12-28(13-4-1)29-24-26-31(27-25-29)43(30-14-5-2-6-15-30)39-23-11-22-38-41-34-18-9-19-35(41)36-20-10-21-37(42(38)39)40(36)33-17-8-7-16-32(33)34/h1-9,11-19,21-26,31H,10,20,27H2. The molecule has 5 aromatic rings. The fourth-order valence-corrected chi connectivity index (χ4v) is 7.78. The van der Waals surface area contributed by atoms with Gasteiger partial charge in [-0.3, -0.25) is 0 Å². The summed E-state index contributed by atoms with van der Waals surface area (Å²) in [5.41, 5.74) is 19.0. The molecule has 43 heavy (non-hydrogen) atoms. The summed E-state index contributed by atoms with van der Waals surface area (Å²) in [6, 6.07) is 44.9. The lowest BCUT2D eigenvalue weighted by Crippen LogP contribution is -2.31. The zero-order valence-corrected chi connectivity index (χ0v) is 24.0. The second-order valence-corrected chi connectivity index (χ2v) is 11.9. The largest absolute Gasteiger partial charge is 0.334 e. The Morgan fingerprint density at radius 1 is 0.558 bits per heavy atom. The highest BCUT2D eigenvalue weighted by Gasteiger charge is 2.36. The van der Waals surface area contributed by atoms with Crippen molar-refractivity contribution in [2.75, 3.05) is 4.90 Å². The normalized spacial score (nSPS) is 17.3. The summed E-state index contributed by atoms with van der Waals surface area (Å²) in [4.78, 5) is 2.58. The minimum atomic E-state index is 0.200. The quantitative estimate of drug-likeness (QED) is 0.215. The number of benzene rings is 5. The second kappa shape index (κ2) is 9.71. The van der Waals surface area contributed by atoms with Crippen molar-refractivity contribution in [1.29, 1.82) is 0 Å². The van der Waals surface area contributed by atoms with Crippen LogP contribution in [0.25, 0.3) is 44.5 Å². The maximum atomic E-state index is 2.58. The lowest BCUT2D eigenvalue weighted by Gasteiger charge is -2.36. The van der Waals surface area contributed by atoms with Gasteiger partial charge < -0.3 is 4.90 Å². The van der Waals surface area contributed by atoms with Crippen LogP contribution in [0.1, 0.15) is 41.5 Å². The Morgan fingerprint density at radius 2 is 1.26 bits per heavy atom. The van der Waals surface area contributed by atoms with Gasteiger partial charge in [-0.1, -0.05) is 127 Å². The minimum Gasteiger partial charge on any atom is -0.334 e. The number of nitrogens with zero attached hydrogens (tertiary/aromatic N) is 1. The number of hydrogen-bond donors (Lipinski definition) is 0. The van der Waals surface area contributed by atoms with Crippen molar-refractivity contribution in [1.82, 2.24) is 0 Å². The fraction of sp³-hybridized carbons (Fsp3) is 0.0952. The molecule has 0 saturated heterocycles. The summed E-state index contributed by atoms with van der Waals surface area (Å²) < 4.78 is 0. The van der Waals surface area contributed by atoms with Gasteiger partial charge in [-0.2, -0.15) is 0 Å². The van der Waals surface area contributed by atoms with E-state index in [1.54, 1.807) is 0 Å².